The van der Waals surface area contributed by atoms with Crippen molar-refractivity contribution in [3.8, 4) is 0 Å². The van der Waals surface area contributed by atoms with Gasteiger partial charge in [-0.15, -0.1) is 5.10 Å². The number of aromatic nitrogens is 5. The van der Waals surface area contributed by atoms with E-state index in [2.05, 4.69) is 15.3 Å². The normalized spacial score (nSPS) is 14.0. The fraction of sp³-hybridized carbons (Fsp3) is 0.267. The maximum atomic E-state index is 12.7. The number of aryl methyl sites for hydroxylation is 1. The Morgan fingerprint density at radius 3 is 2.88 bits per heavy atom. The molecular formula is C15H15N7O2. The number of hydrogen-bond donors (Lipinski definition) is 1. The van der Waals surface area contributed by atoms with Crippen molar-refractivity contribution >= 4 is 22.8 Å². The summed E-state index contributed by atoms with van der Waals surface area (Å²) in [5.41, 5.74) is 7.80. The largest absolute Gasteiger partial charge is 0.364 e. The third kappa shape index (κ3) is 2.13. The minimum atomic E-state index is -0.512. The van der Waals surface area contributed by atoms with E-state index in [1.165, 1.54) is 6.20 Å². The summed E-state index contributed by atoms with van der Waals surface area (Å²) in [4.78, 5) is 30.0. The van der Waals surface area contributed by atoms with Gasteiger partial charge in [-0.2, -0.15) is 0 Å². The van der Waals surface area contributed by atoms with Gasteiger partial charge in [-0.25, -0.2) is 9.67 Å². The van der Waals surface area contributed by atoms with Crippen LogP contribution in [0.2, 0.25) is 0 Å². The van der Waals surface area contributed by atoms with E-state index < -0.39 is 5.91 Å². The average molecular weight is 325 g/mol. The molecule has 1 aliphatic heterocycles. The van der Waals surface area contributed by atoms with Gasteiger partial charge in [0.25, 0.3) is 11.8 Å². The third-order valence-electron chi connectivity index (χ3n) is 4.26. The Morgan fingerprint density at radius 1 is 1.25 bits per heavy atom. The number of rotatable bonds is 2. The van der Waals surface area contributed by atoms with Gasteiger partial charge in [-0.05, 0) is 18.2 Å². The zero-order valence-corrected chi connectivity index (χ0v) is 13.0. The SMILES string of the molecule is Cn1nnc2cc(C(=O)N3CCn4c(C(N)=O)cnc4C3)ccc21. The van der Waals surface area contributed by atoms with E-state index in [0.29, 0.717) is 42.2 Å². The highest BCUT2D eigenvalue weighted by Crippen LogP contribution is 2.19. The monoisotopic (exact) mass is 325 g/mol. The Balaban J connectivity index is 1.61. The summed E-state index contributed by atoms with van der Waals surface area (Å²) in [6.45, 7) is 1.32. The van der Waals surface area contributed by atoms with Crippen LogP contribution in [-0.4, -0.2) is 47.8 Å². The van der Waals surface area contributed by atoms with Crippen molar-refractivity contribution in [2.24, 2.45) is 12.8 Å². The first-order chi connectivity index (χ1) is 11.5. The van der Waals surface area contributed by atoms with Gasteiger partial charge < -0.3 is 15.2 Å². The number of amides is 2. The summed E-state index contributed by atoms with van der Waals surface area (Å²) in [5, 5.41) is 7.98. The van der Waals surface area contributed by atoms with E-state index >= 15 is 0 Å². The van der Waals surface area contributed by atoms with Crippen molar-refractivity contribution < 1.29 is 9.59 Å². The number of hydrogen-bond acceptors (Lipinski definition) is 5. The van der Waals surface area contributed by atoms with E-state index in [1.54, 1.807) is 33.3 Å². The van der Waals surface area contributed by atoms with E-state index in [-0.39, 0.29) is 5.91 Å². The lowest BCUT2D eigenvalue weighted by molar-refractivity contribution is 0.0706. The molecule has 0 radical (unpaired) electrons. The Kier molecular flexibility index (Phi) is 3.08. The molecule has 4 rings (SSSR count). The Bertz CT molecular complexity index is 972. The quantitative estimate of drug-likeness (QED) is 0.708. The van der Waals surface area contributed by atoms with Crippen LogP contribution in [-0.2, 0) is 20.1 Å². The molecular weight excluding hydrogens is 310 g/mol. The molecule has 1 aliphatic rings. The van der Waals surface area contributed by atoms with Crippen LogP contribution in [0.25, 0.3) is 11.0 Å². The second kappa shape index (κ2) is 5.15. The molecule has 0 spiro atoms. The van der Waals surface area contributed by atoms with E-state index in [0.717, 1.165) is 5.52 Å². The van der Waals surface area contributed by atoms with Gasteiger partial charge in [0.15, 0.2) is 0 Å². The lowest BCUT2D eigenvalue weighted by Crippen LogP contribution is -2.39. The van der Waals surface area contributed by atoms with Crippen LogP contribution in [0.4, 0.5) is 0 Å². The lowest BCUT2D eigenvalue weighted by Gasteiger charge is -2.28. The first-order valence-corrected chi connectivity index (χ1v) is 7.47. The maximum Gasteiger partial charge on any atom is 0.266 e. The summed E-state index contributed by atoms with van der Waals surface area (Å²) < 4.78 is 3.42. The standard InChI is InChI=1S/C15H15N7O2/c1-20-11-3-2-9(6-10(11)18-19-20)15(24)21-4-5-22-12(14(16)23)7-17-13(22)8-21/h2-3,6-7H,4-5,8H2,1H3,(H2,16,23). The van der Waals surface area contributed by atoms with Gasteiger partial charge in [0.1, 0.15) is 17.0 Å². The number of nitrogens with zero attached hydrogens (tertiary/aromatic N) is 6. The topological polar surface area (TPSA) is 112 Å². The van der Waals surface area contributed by atoms with Crippen molar-refractivity contribution in [2.75, 3.05) is 6.54 Å². The van der Waals surface area contributed by atoms with Crippen molar-refractivity contribution in [1.82, 2.24) is 29.4 Å². The number of imidazole rings is 1. The summed E-state index contributed by atoms with van der Waals surface area (Å²) in [7, 11) is 1.80. The highest BCUT2D eigenvalue weighted by atomic mass is 16.2. The molecule has 0 unspecified atom stereocenters. The fourth-order valence-corrected chi connectivity index (χ4v) is 2.99. The predicted octanol–water partition coefficient (Wildman–Crippen LogP) is -0.0803. The number of benzene rings is 1. The van der Waals surface area contributed by atoms with Crippen LogP contribution >= 0.6 is 0 Å². The molecule has 3 heterocycles. The molecule has 0 aliphatic carbocycles. The molecule has 3 aromatic rings. The Hall–Kier alpha value is -3.23. The van der Waals surface area contributed by atoms with Gasteiger partial charge >= 0.3 is 0 Å². The molecule has 122 valence electrons. The average Bonchev–Trinajstić information content (AvgIpc) is 3.17. The lowest BCUT2D eigenvalue weighted by atomic mass is 10.1. The molecule has 1 aromatic carbocycles. The smallest absolute Gasteiger partial charge is 0.266 e. The van der Waals surface area contributed by atoms with Gasteiger partial charge in [-0.3, -0.25) is 9.59 Å². The number of primary amides is 1. The molecule has 0 atom stereocenters. The van der Waals surface area contributed by atoms with E-state index in [1.807, 2.05) is 6.07 Å². The van der Waals surface area contributed by atoms with Crippen LogP contribution in [0.1, 0.15) is 26.7 Å². The number of carbonyl (C=O) groups excluding carboxylic acids is 2. The zero-order valence-electron chi connectivity index (χ0n) is 13.0. The van der Waals surface area contributed by atoms with Gasteiger partial charge in [0.05, 0.1) is 18.3 Å². The van der Waals surface area contributed by atoms with Crippen LogP contribution in [0.3, 0.4) is 0 Å². The molecule has 0 bridgehead atoms. The second-order valence-electron chi connectivity index (χ2n) is 5.72. The molecule has 2 aromatic heterocycles. The first kappa shape index (κ1) is 14.4. The van der Waals surface area contributed by atoms with Gasteiger partial charge in [0.2, 0.25) is 0 Å². The number of carbonyl (C=O) groups is 2. The van der Waals surface area contributed by atoms with Gasteiger partial charge in [-0.1, -0.05) is 5.21 Å². The fourth-order valence-electron chi connectivity index (χ4n) is 2.99. The molecule has 2 N–H and O–H groups in total. The summed E-state index contributed by atoms with van der Waals surface area (Å²) in [6.07, 6.45) is 1.46. The molecule has 0 saturated carbocycles. The molecule has 24 heavy (non-hydrogen) atoms. The van der Waals surface area contributed by atoms with Crippen LogP contribution in [0, 0.1) is 0 Å². The molecule has 2 amide bonds. The second-order valence-corrected chi connectivity index (χ2v) is 5.72. The van der Waals surface area contributed by atoms with Crippen molar-refractivity contribution in [3.63, 3.8) is 0 Å². The van der Waals surface area contributed by atoms with Crippen LogP contribution in [0.15, 0.2) is 24.4 Å². The minimum Gasteiger partial charge on any atom is -0.364 e. The number of fused-ring (bicyclic) bond motifs is 2. The molecule has 9 nitrogen and oxygen atoms in total. The minimum absolute atomic E-state index is 0.0996. The highest BCUT2D eigenvalue weighted by molar-refractivity contribution is 5.97. The van der Waals surface area contributed by atoms with Crippen LogP contribution in [0.5, 0.6) is 0 Å². The first-order valence-electron chi connectivity index (χ1n) is 7.47. The molecule has 0 fully saturated rings. The maximum absolute atomic E-state index is 12.7. The van der Waals surface area contributed by atoms with Crippen molar-refractivity contribution in [3.05, 3.63) is 41.5 Å². The summed E-state index contributed by atoms with van der Waals surface area (Å²) >= 11 is 0. The van der Waals surface area contributed by atoms with E-state index in [4.69, 9.17) is 5.73 Å². The Morgan fingerprint density at radius 2 is 2.08 bits per heavy atom. The molecule has 9 heteroatoms. The third-order valence-corrected chi connectivity index (χ3v) is 4.26. The summed E-state index contributed by atoms with van der Waals surface area (Å²) in [6, 6.07) is 5.34. The summed E-state index contributed by atoms with van der Waals surface area (Å²) in [5.74, 6) is 0.0445. The van der Waals surface area contributed by atoms with Crippen molar-refractivity contribution in [2.45, 2.75) is 13.1 Å². The van der Waals surface area contributed by atoms with Crippen molar-refractivity contribution in [1.29, 1.82) is 0 Å². The predicted molar refractivity (Wildman–Crippen MR) is 84.0 cm³/mol. The molecule has 0 saturated heterocycles. The van der Waals surface area contributed by atoms with Crippen LogP contribution < -0.4 is 5.73 Å². The zero-order chi connectivity index (χ0) is 16.8. The number of nitrogens with two attached hydrogens (primary N) is 1. The van der Waals surface area contributed by atoms with Gasteiger partial charge in [0, 0.05) is 25.7 Å². The Labute approximate surface area is 136 Å². The van der Waals surface area contributed by atoms with E-state index in [9.17, 15) is 9.59 Å². The highest BCUT2D eigenvalue weighted by Gasteiger charge is 2.25.